The van der Waals surface area contributed by atoms with E-state index in [2.05, 4.69) is 5.32 Å². The van der Waals surface area contributed by atoms with Crippen molar-refractivity contribution in [3.05, 3.63) is 66.7 Å². The maximum Gasteiger partial charge on any atom is 0.231 e. The van der Waals surface area contributed by atoms with Crippen LogP contribution in [0.1, 0.15) is 0 Å². The lowest BCUT2D eigenvalue weighted by Gasteiger charge is -2.18. The summed E-state index contributed by atoms with van der Waals surface area (Å²) >= 11 is 0. The lowest BCUT2D eigenvalue weighted by Crippen LogP contribution is -2.24. The summed E-state index contributed by atoms with van der Waals surface area (Å²) in [6, 6.07) is 20.8. The molecule has 0 aliphatic carbocycles. The number of nitrogens with one attached hydrogen (secondary N) is 1. The Balaban J connectivity index is 0.00000240. The molecular weight excluding hydrogens is 408 g/mol. The van der Waals surface area contributed by atoms with Crippen molar-refractivity contribution < 1.29 is 8.42 Å². The zero-order chi connectivity index (χ0) is 19.9. The van der Waals surface area contributed by atoms with Crippen molar-refractivity contribution in [1.29, 1.82) is 0 Å². The van der Waals surface area contributed by atoms with Crippen LogP contribution in [0.2, 0.25) is 0 Å². The number of anilines is 4. The first kappa shape index (κ1) is 20.7. The maximum atomic E-state index is 11.7. The van der Waals surface area contributed by atoms with E-state index >= 15 is 0 Å². The number of pyridine rings is 1. The molecule has 4 rings (SSSR count). The third kappa shape index (κ3) is 4.06. The summed E-state index contributed by atoms with van der Waals surface area (Å²) in [7, 11) is -1.76. The second kappa shape index (κ2) is 7.77. The van der Waals surface area contributed by atoms with Gasteiger partial charge in [-0.05, 0) is 48.5 Å². The van der Waals surface area contributed by atoms with Crippen molar-refractivity contribution in [3.8, 4) is 0 Å². The molecule has 150 valence electrons. The third-order valence-corrected chi connectivity index (χ3v) is 5.91. The molecule has 1 aromatic heterocycles. The first-order valence-corrected chi connectivity index (χ1v) is 10.6. The average Bonchev–Trinajstić information content (AvgIpc) is 2.67. The average molecular weight is 429 g/mol. The molecule has 0 radical (unpaired) electrons. The monoisotopic (exact) mass is 428 g/mol. The van der Waals surface area contributed by atoms with Gasteiger partial charge in [0.1, 0.15) is 0 Å². The molecule has 0 atom stereocenters. The van der Waals surface area contributed by atoms with Crippen LogP contribution in [0.3, 0.4) is 0 Å². The number of halogens is 1. The van der Waals surface area contributed by atoms with Gasteiger partial charge in [-0.1, -0.05) is 18.2 Å². The lowest BCUT2D eigenvalue weighted by molar-refractivity contribution is 0.600. The van der Waals surface area contributed by atoms with E-state index in [1.165, 1.54) is 17.6 Å². The van der Waals surface area contributed by atoms with Crippen molar-refractivity contribution in [2.75, 3.05) is 28.7 Å². The van der Waals surface area contributed by atoms with Gasteiger partial charge in [0.25, 0.3) is 0 Å². The number of benzene rings is 3. The van der Waals surface area contributed by atoms with Crippen LogP contribution >= 0.6 is 12.4 Å². The van der Waals surface area contributed by atoms with Crippen LogP contribution in [0.5, 0.6) is 0 Å². The summed E-state index contributed by atoms with van der Waals surface area (Å²) in [6.07, 6.45) is 1.18. The molecule has 8 heteroatoms. The predicted molar refractivity (Wildman–Crippen MR) is 124 cm³/mol. The molecule has 0 aliphatic heterocycles. The number of rotatable bonds is 4. The van der Waals surface area contributed by atoms with Gasteiger partial charge in [0.2, 0.25) is 10.0 Å². The fourth-order valence-electron chi connectivity index (χ4n) is 3.14. The number of sulfonamides is 1. The molecule has 0 aliphatic rings. The number of para-hydroxylation sites is 1. The minimum atomic E-state index is -3.30. The second-order valence-electron chi connectivity index (χ2n) is 6.68. The van der Waals surface area contributed by atoms with Crippen molar-refractivity contribution in [3.63, 3.8) is 0 Å². The number of hydrogen-bond acceptors (Lipinski definition) is 5. The van der Waals surface area contributed by atoms with E-state index in [1.54, 1.807) is 12.1 Å². The van der Waals surface area contributed by atoms with E-state index in [-0.39, 0.29) is 12.4 Å². The summed E-state index contributed by atoms with van der Waals surface area (Å²) in [5.74, 6) is 0. The molecule has 29 heavy (non-hydrogen) atoms. The Labute approximate surface area is 175 Å². The molecule has 0 bridgehead atoms. The molecule has 0 fully saturated rings. The van der Waals surface area contributed by atoms with Crippen molar-refractivity contribution >= 4 is 67.0 Å². The maximum absolute atomic E-state index is 11.7. The Morgan fingerprint density at radius 2 is 1.59 bits per heavy atom. The van der Waals surface area contributed by atoms with Crippen LogP contribution in [0.25, 0.3) is 21.8 Å². The van der Waals surface area contributed by atoms with Gasteiger partial charge in [-0.25, -0.2) is 13.4 Å². The minimum Gasteiger partial charge on any atom is -0.399 e. The normalized spacial score (nSPS) is 11.2. The molecule has 1 heterocycles. The Bertz CT molecular complexity index is 1290. The fraction of sp³-hybridized carbons (Fsp3) is 0.0952. The van der Waals surface area contributed by atoms with E-state index in [0.29, 0.717) is 11.4 Å². The summed E-state index contributed by atoms with van der Waals surface area (Å²) in [5, 5.41) is 5.43. The van der Waals surface area contributed by atoms with Gasteiger partial charge in [0.15, 0.2) is 0 Å². The molecule has 3 aromatic carbocycles. The van der Waals surface area contributed by atoms with Crippen LogP contribution in [-0.4, -0.2) is 26.7 Å². The van der Waals surface area contributed by atoms with Crippen molar-refractivity contribution in [1.82, 2.24) is 4.98 Å². The zero-order valence-electron chi connectivity index (χ0n) is 16.0. The largest absolute Gasteiger partial charge is 0.399 e. The highest BCUT2D eigenvalue weighted by molar-refractivity contribution is 7.92. The zero-order valence-corrected chi connectivity index (χ0v) is 17.6. The molecule has 0 unspecified atom stereocenters. The summed E-state index contributed by atoms with van der Waals surface area (Å²) in [4.78, 5) is 4.71. The van der Waals surface area contributed by atoms with Gasteiger partial charge in [-0.15, -0.1) is 12.4 Å². The third-order valence-electron chi connectivity index (χ3n) is 4.70. The number of nitrogens with zero attached hydrogens (tertiary/aromatic N) is 2. The van der Waals surface area contributed by atoms with E-state index in [1.807, 2.05) is 54.6 Å². The Morgan fingerprint density at radius 3 is 2.28 bits per heavy atom. The lowest BCUT2D eigenvalue weighted by atomic mass is 10.1. The standard InChI is InChI=1S/C21H20N4O2S.ClH/c1-25(28(2,26)27)16-10-8-15(9-11-16)23-21-17-5-3-4-6-19(17)24-20-13-14(22)7-12-18(20)21;/h3-13H,22H2,1-2H3,(H,23,24);1H. The Hall–Kier alpha value is -3.03. The smallest absolute Gasteiger partial charge is 0.231 e. The fourth-order valence-corrected chi connectivity index (χ4v) is 3.64. The molecule has 0 saturated carbocycles. The number of fused-ring (bicyclic) bond motifs is 2. The summed E-state index contributed by atoms with van der Waals surface area (Å²) in [5.41, 5.74) is 10.7. The molecular formula is C21H21ClN4O2S. The topological polar surface area (TPSA) is 88.3 Å². The van der Waals surface area contributed by atoms with Gasteiger partial charge < -0.3 is 11.1 Å². The van der Waals surface area contributed by atoms with E-state index in [9.17, 15) is 8.42 Å². The van der Waals surface area contributed by atoms with Gasteiger partial charge >= 0.3 is 0 Å². The van der Waals surface area contributed by atoms with E-state index < -0.39 is 10.0 Å². The number of hydrogen-bond donors (Lipinski definition) is 2. The minimum absolute atomic E-state index is 0. The van der Waals surface area contributed by atoms with Gasteiger partial charge in [-0.3, -0.25) is 4.31 Å². The van der Waals surface area contributed by atoms with Crippen LogP contribution < -0.4 is 15.4 Å². The van der Waals surface area contributed by atoms with Gasteiger partial charge in [0, 0.05) is 29.2 Å². The van der Waals surface area contributed by atoms with Crippen molar-refractivity contribution in [2.24, 2.45) is 0 Å². The van der Waals surface area contributed by atoms with E-state index in [4.69, 9.17) is 10.7 Å². The first-order chi connectivity index (χ1) is 13.3. The van der Waals surface area contributed by atoms with Crippen LogP contribution in [0.15, 0.2) is 66.7 Å². The Kier molecular flexibility index (Phi) is 5.55. The van der Waals surface area contributed by atoms with Crippen LogP contribution in [-0.2, 0) is 10.0 Å². The number of aromatic nitrogens is 1. The van der Waals surface area contributed by atoms with Crippen molar-refractivity contribution in [2.45, 2.75) is 0 Å². The first-order valence-electron chi connectivity index (χ1n) is 8.72. The number of nitrogen functional groups attached to an aromatic ring is 1. The molecule has 0 amide bonds. The molecule has 4 aromatic rings. The molecule has 3 N–H and O–H groups in total. The highest BCUT2D eigenvalue weighted by atomic mass is 35.5. The highest BCUT2D eigenvalue weighted by Gasteiger charge is 2.13. The van der Waals surface area contributed by atoms with E-state index in [0.717, 1.165) is 33.2 Å². The quantitative estimate of drug-likeness (QED) is 0.368. The second-order valence-corrected chi connectivity index (χ2v) is 8.70. The SMILES string of the molecule is CN(c1ccc(Nc2c3ccccc3nc3cc(N)ccc23)cc1)S(C)(=O)=O.Cl. The van der Waals surface area contributed by atoms with Crippen LogP contribution in [0, 0.1) is 0 Å². The highest BCUT2D eigenvalue weighted by Crippen LogP contribution is 2.34. The summed E-state index contributed by atoms with van der Waals surface area (Å²) in [6.45, 7) is 0. The van der Waals surface area contributed by atoms with Gasteiger partial charge in [0.05, 0.1) is 28.7 Å². The summed E-state index contributed by atoms with van der Waals surface area (Å²) < 4.78 is 24.7. The molecule has 0 saturated heterocycles. The molecule has 0 spiro atoms. The predicted octanol–water partition coefficient (Wildman–Crippen LogP) is 4.53. The molecule has 6 nitrogen and oxygen atoms in total. The Morgan fingerprint density at radius 1 is 0.931 bits per heavy atom. The number of nitrogens with two attached hydrogens (primary N) is 1. The van der Waals surface area contributed by atoms with Crippen LogP contribution in [0.4, 0.5) is 22.7 Å². The van der Waals surface area contributed by atoms with Gasteiger partial charge in [-0.2, -0.15) is 0 Å².